The van der Waals surface area contributed by atoms with Crippen molar-refractivity contribution in [1.29, 1.82) is 0 Å². The van der Waals surface area contributed by atoms with Gasteiger partial charge in [-0.1, -0.05) is 17.8 Å². The van der Waals surface area contributed by atoms with Crippen molar-refractivity contribution in [2.75, 3.05) is 17.3 Å². The summed E-state index contributed by atoms with van der Waals surface area (Å²) in [4.78, 5) is 17.2. The van der Waals surface area contributed by atoms with E-state index in [1.807, 2.05) is 24.5 Å². The molecule has 1 atom stereocenters. The molecule has 0 aliphatic carbocycles. The van der Waals surface area contributed by atoms with Crippen LogP contribution in [0.3, 0.4) is 0 Å². The van der Waals surface area contributed by atoms with Gasteiger partial charge in [-0.2, -0.15) is 0 Å². The molecular formula is C21H22FN3O3S2. The third-order valence-electron chi connectivity index (χ3n) is 5.38. The number of ketones is 1. The number of carbonyl (C=O) groups excluding carboxylic acids is 1. The Balaban J connectivity index is 1.51. The highest BCUT2D eigenvalue weighted by atomic mass is 32.2. The number of carbonyl (C=O) groups is 1. The molecule has 3 heterocycles. The lowest BCUT2D eigenvalue weighted by Crippen LogP contribution is -2.14. The van der Waals surface area contributed by atoms with Gasteiger partial charge in [-0.15, -0.1) is 0 Å². The zero-order valence-electron chi connectivity index (χ0n) is 16.7. The topological polar surface area (TPSA) is 74.0 Å². The molecular weight excluding hydrogens is 425 g/mol. The maximum Gasteiger partial charge on any atom is 0.175 e. The van der Waals surface area contributed by atoms with Gasteiger partial charge in [0.25, 0.3) is 0 Å². The summed E-state index contributed by atoms with van der Waals surface area (Å²) in [7, 11) is -3.01. The molecule has 1 aliphatic rings. The third kappa shape index (κ3) is 4.09. The molecule has 4 rings (SSSR count). The van der Waals surface area contributed by atoms with E-state index in [1.165, 1.54) is 23.9 Å². The highest BCUT2D eigenvalue weighted by molar-refractivity contribution is 7.99. The summed E-state index contributed by atoms with van der Waals surface area (Å²) in [6.07, 6.45) is 3.92. The number of imidazole rings is 1. The molecule has 0 bridgehead atoms. The number of sulfone groups is 1. The average molecular weight is 448 g/mol. The largest absolute Gasteiger partial charge is 0.344 e. The van der Waals surface area contributed by atoms with Crippen LogP contribution in [0.25, 0.3) is 5.69 Å². The standard InChI is InChI=1S/C21H22FN3O3S2/c1-14-10-19(15(2)25(14)18-6-9-30(27,28)13-18)20(26)12-29-21-23-7-8-24(21)17-5-3-4-16(22)11-17/h3-5,7-8,10-11,18H,6,9,12-13H2,1-2H3. The van der Waals surface area contributed by atoms with Crippen molar-refractivity contribution in [3.8, 4) is 5.69 Å². The van der Waals surface area contributed by atoms with Crippen LogP contribution >= 0.6 is 11.8 Å². The van der Waals surface area contributed by atoms with Crippen LogP contribution in [-0.4, -0.2) is 45.6 Å². The predicted molar refractivity (Wildman–Crippen MR) is 115 cm³/mol. The van der Waals surface area contributed by atoms with E-state index in [9.17, 15) is 17.6 Å². The molecule has 9 heteroatoms. The number of aryl methyl sites for hydroxylation is 1. The lowest BCUT2D eigenvalue weighted by atomic mass is 10.2. The Bertz CT molecular complexity index is 1210. The number of thioether (sulfide) groups is 1. The Hall–Kier alpha value is -2.39. The first kappa shape index (κ1) is 20.9. The second-order valence-electron chi connectivity index (χ2n) is 7.48. The Morgan fingerprint density at radius 1 is 1.30 bits per heavy atom. The highest BCUT2D eigenvalue weighted by Gasteiger charge is 2.31. The number of rotatable bonds is 6. The van der Waals surface area contributed by atoms with Gasteiger partial charge in [0.2, 0.25) is 0 Å². The van der Waals surface area contributed by atoms with Crippen molar-refractivity contribution >= 4 is 27.4 Å². The maximum absolute atomic E-state index is 13.6. The molecule has 3 aromatic rings. The van der Waals surface area contributed by atoms with Gasteiger partial charge in [0.05, 0.1) is 22.9 Å². The van der Waals surface area contributed by atoms with Crippen molar-refractivity contribution in [1.82, 2.24) is 14.1 Å². The summed E-state index contributed by atoms with van der Waals surface area (Å²) in [5, 5.41) is 0.602. The first-order valence-electron chi connectivity index (χ1n) is 9.59. The molecule has 0 radical (unpaired) electrons. The van der Waals surface area contributed by atoms with E-state index in [4.69, 9.17) is 0 Å². The smallest absolute Gasteiger partial charge is 0.175 e. The van der Waals surface area contributed by atoms with Crippen LogP contribution < -0.4 is 0 Å². The van der Waals surface area contributed by atoms with Crippen LogP contribution in [0.1, 0.15) is 34.2 Å². The van der Waals surface area contributed by atoms with Crippen LogP contribution in [0.2, 0.25) is 0 Å². The molecule has 1 aliphatic heterocycles. The monoisotopic (exact) mass is 447 g/mol. The van der Waals surface area contributed by atoms with Gasteiger partial charge in [-0.3, -0.25) is 9.36 Å². The zero-order valence-corrected chi connectivity index (χ0v) is 18.3. The lowest BCUT2D eigenvalue weighted by Gasteiger charge is -2.16. The molecule has 2 aromatic heterocycles. The normalized spacial score (nSPS) is 18.0. The number of aromatic nitrogens is 3. The van der Waals surface area contributed by atoms with Gasteiger partial charge in [0, 0.05) is 35.4 Å². The van der Waals surface area contributed by atoms with E-state index in [-0.39, 0.29) is 34.9 Å². The number of hydrogen-bond acceptors (Lipinski definition) is 5. The maximum atomic E-state index is 13.6. The number of benzene rings is 1. The van der Waals surface area contributed by atoms with E-state index in [1.54, 1.807) is 29.1 Å². The number of hydrogen-bond donors (Lipinski definition) is 0. The van der Waals surface area contributed by atoms with Crippen LogP contribution in [-0.2, 0) is 9.84 Å². The Morgan fingerprint density at radius 2 is 2.10 bits per heavy atom. The molecule has 0 N–H and O–H groups in total. The van der Waals surface area contributed by atoms with Crippen LogP contribution in [0.4, 0.5) is 4.39 Å². The van der Waals surface area contributed by atoms with Gasteiger partial charge in [-0.05, 0) is 44.5 Å². The molecule has 1 unspecified atom stereocenters. The molecule has 1 fully saturated rings. The Kier molecular flexibility index (Phi) is 5.59. The fourth-order valence-electron chi connectivity index (χ4n) is 4.03. The minimum atomic E-state index is -3.01. The van der Waals surface area contributed by atoms with Crippen molar-refractivity contribution < 1.29 is 17.6 Å². The van der Waals surface area contributed by atoms with E-state index < -0.39 is 9.84 Å². The molecule has 1 saturated heterocycles. The Labute approximate surface area is 179 Å². The second-order valence-corrected chi connectivity index (χ2v) is 10.7. The molecule has 30 heavy (non-hydrogen) atoms. The van der Waals surface area contributed by atoms with E-state index >= 15 is 0 Å². The van der Waals surface area contributed by atoms with Gasteiger partial charge in [0.1, 0.15) is 5.82 Å². The van der Waals surface area contributed by atoms with Gasteiger partial charge >= 0.3 is 0 Å². The van der Waals surface area contributed by atoms with Crippen molar-refractivity contribution in [3.05, 3.63) is 65.5 Å². The minimum Gasteiger partial charge on any atom is -0.344 e. The van der Waals surface area contributed by atoms with E-state index in [2.05, 4.69) is 4.98 Å². The minimum absolute atomic E-state index is 0.0472. The van der Waals surface area contributed by atoms with Crippen LogP contribution in [0, 0.1) is 19.7 Å². The molecule has 158 valence electrons. The Morgan fingerprint density at radius 3 is 2.80 bits per heavy atom. The zero-order chi connectivity index (χ0) is 21.5. The molecule has 0 amide bonds. The molecule has 1 aromatic carbocycles. The van der Waals surface area contributed by atoms with Gasteiger partial charge < -0.3 is 4.57 Å². The summed E-state index contributed by atoms with van der Waals surface area (Å²) in [5.41, 5.74) is 2.94. The van der Waals surface area contributed by atoms with Crippen LogP contribution in [0.15, 0.2) is 47.9 Å². The molecule has 6 nitrogen and oxygen atoms in total. The SMILES string of the molecule is Cc1cc(C(=O)CSc2nccn2-c2cccc(F)c2)c(C)n1C1CCS(=O)(=O)C1. The molecule has 0 saturated carbocycles. The fraction of sp³-hybridized carbons (Fsp3) is 0.333. The summed E-state index contributed by atoms with van der Waals surface area (Å²) in [6.45, 7) is 3.77. The summed E-state index contributed by atoms with van der Waals surface area (Å²) >= 11 is 1.29. The average Bonchev–Trinajstić information content (AvgIpc) is 3.37. The second kappa shape index (κ2) is 8.03. The van der Waals surface area contributed by atoms with Crippen molar-refractivity contribution in [3.63, 3.8) is 0 Å². The van der Waals surface area contributed by atoms with Crippen LogP contribution in [0.5, 0.6) is 0 Å². The van der Waals surface area contributed by atoms with Crippen molar-refractivity contribution in [2.24, 2.45) is 0 Å². The highest BCUT2D eigenvalue weighted by Crippen LogP contribution is 2.30. The summed E-state index contributed by atoms with van der Waals surface area (Å²) in [5.74, 6) is 0.107. The van der Waals surface area contributed by atoms with Gasteiger partial charge in [0.15, 0.2) is 20.8 Å². The van der Waals surface area contributed by atoms with E-state index in [0.29, 0.717) is 22.8 Å². The predicted octanol–water partition coefficient (Wildman–Crippen LogP) is 3.76. The number of nitrogens with zero attached hydrogens (tertiary/aromatic N) is 3. The number of halogens is 1. The van der Waals surface area contributed by atoms with E-state index in [0.717, 1.165) is 11.4 Å². The summed E-state index contributed by atoms with van der Waals surface area (Å²) < 4.78 is 41.0. The third-order valence-corrected chi connectivity index (χ3v) is 8.10. The first-order valence-corrected chi connectivity index (χ1v) is 12.4. The fourth-order valence-corrected chi connectivity index (χ4v) is 6.58. The quantitative estimate of drug-likeness (QED) is 0.425. The molecule has 0 spiro atoms. The first-order chi connectivity index (χ1) is 14.2. The lowest BCUT2D eigenvalue weighted by molar-refractivity contribution is 0.102. The van der Waals surface area contributed by atoms with Crippen molar-refractivity contribution in [2.45, 2.75) is 31.5 Å². The van der Waals surface area contributed by atoms with Gasteiger partial charge in [-0.25, -0.2) is 17.8 Å². The summed E-state index contributed by atoms with van der Waals surface area (Å²) in [6, 6.07) is 7.92. The number of Topliss-reactive ketones (excluding diaryl/α,β-unsaturated/α-hetero) is 1.